The van der Waals surface area contributed by atoms with E-state index in [0.717, 1.165) is 0 Å². The van der Waals surface area contributed by atoms with Gasteiger partial charge in [0.05, 0.1) is 7.11 Å². The molecule has 1 fully saturated rings. The van der Waals surface area contributed by atoms with Gasteiger partial charge in [0.15, 0.2) is 0 Å². The molecular weight excluding hydrogens is 149 g/mol. The number of methoxy groups -OCH3 is 1. The van der Waals surface area contributed by atoms with Gasteiger partial charge in [0.25, 0.3) is 0 Å². The second-order valence-electron chi connectivity index (χ2n) is 3.01. The molecule has 3 nitrogen and oxygen atoms in total. The summed E-state index contributed by atoms with van der Waals surface area (Å²) >= 11 is 0. The number of nitrogens with one attached hydrogen (secondary N) is 1. The van der Waals surface area contributed by atoms with Gasteiger partial charge in [0.2, 0.25) is 0 Å². The summed E-state index contributed by atoms with van der Waals surface area (Å²) in [7, 11) is 1.31. The fraction of sp³-hybridized carbons (Fsp3) is 0.857. The first kappa shape index (κ1) is 8.46. The zero-order valence-corrected chi connectivity index (χ0v) is 6.69. The van der Waals surface area contributed by atoms with Gasteiger partial charge in [-0.3, -0.25) is 10.1 Å². The Hall–Kier alpha value is -0.640. The van der Waals surface area contributed by atoms with Crippen molar-refractivity contribution in [2.24, 2.45) is 0 Å². The lowest BCUT2D eigenvalue weighted by Crippen LogP contribution is -2.45. The summed E-state index contributed by atoms with van der Waals surface area (Å²) in [4.78, 5) is 11.0. The number of esters is 1. The van der Waals surface area contributed by atoms with E-state index in [2.05, 4.69) is 10.1 Å². The first-order valence-electron chi connectivity index (χ1n) is 3.56. The maximum absolute atomic E-state index is 12.6. The van der Waals surface area contributed by atoms with Gasteiger partial charge < -0.3 is 4.74 Å². The van der Waals surface area contributed by atoms with Crippen LogP contribution in [0.3, 0.4) is 0 Å². The van der Waals surface area contributed by atoms with Crippen LogP contribution in [0.1, 0.15) is 13.3 Å². The molecule has 4 heteroatoms. The quantitative estimate of drug-likeness (QED) is 0.560. The van der Waals surface area contributed by atoms with Gasteiger partial charge in [-0.2, -0.15) is 0 Å². The molecule has 2 atom stereocenters. The van der Waals surface area contributed by atoms with Gasteiger partial charge in [0, 0.05) is 13.0 Å². The van der Waals surface area contributed by atoms with E-state index in [-0.39, 0.29) is 13.0 Å². The molecule has 0 aromatic rings. The lowest BCUT2D eigenvalue weighted by atomic mass is 10.0. The maximum atomic E-state index is 12.6. The highest BCUT2D eigenvalue weighted by atomic mass is 19.1. The molecule has 64 valence electrons. The Labute approximate surface area is 64.9 Å². The van der Waals surface area contributed by atoms with Crippen LogP contribution in [0, 0.1) is 0 Å². The Morgan fingerprint density at radius 1 is 1.82 bits per heavy atom. The van der Waals surface area contributed by atoms with E-state index in [0.29, 0.717) is 0 Å². The summed E-state index contributed by atoms with van der Waals surface area (Å²) in [5, 5.41) is 2.78. The largest absolute Gasteiger partial charge is 0.468 e. The Kier molecular flexibility index (Phi) is 2.13. The van der Waals surface area contributed by atoms with Gasteiger partial charge in [-0.15, -0.1) is 0 Å². The third-order valence-electron chi connectivity index (χ3n) is 1.98. The van der Waals surface area contributed by atoms with Crippen LogP contribution in [-0.2, 0) is 9.53 Å². The molecule has 0 aliphatic carbocycles. The fourth-order valence-electron chi connectivity index (χ4n) is 1.30. The fourth-order valence-corrected chi connectivity index (χ4v) is 1.30. The number of carbonyl (C=O) groups excluding carboxylic acids is 1. The molecule has 11 heavy (non-hydrogen) atoms. The highest BCUT2D eigenvalue weighted by molar-refractivity contribution is 5.80. The van der Waals surface area contributed by atoms with Crippen molar-refractivity contribution in [2.45, 2.75) is 25.1 Å². The number of carbonyl (C=O) groups is 1. The predicted molar refractivity (Wildman–Crippen MR) is 37.9 cm³/mol. The van der Waals surface area contributed by atoms with Crippen LogP contribution < -0.4 is 5.32 Å². The summed E-state index contributed by atoms with van der Waals surface area (Å²) in [6.07, 6.45) is -0.723. The van der Waals surface area contributed by atoms with Crippen LogP contribution in [0.2, 0.25) is 0 Å². The van der Waals surface area contributed by atoms with E-state index in [1.54, 1.807) is 6.92 Å². The van der Waals surface area contributed by atoms with Crippen LogP contribution in [-0.4, -0.2) is 31.3 Å². The summed E-state index contributed by atoms with van der Waals surface area (Å²) in [6, 6.07) is 0. The number of rotatable bonds is 1. The molecule has 1 saturated heterocycles. The molecule has 1 aliphatic heterocycles. The van der Waals surface area contributed by atoms with Crippen LogP contribution in [0.4, 0.5) is 4.39 Å². The first-order chi connectivity index (χ1) is 5.08. The van der Waals surface area contributed by atoms with E-state index in [1.807, 2.05) is 0 Å². The normalized spacial score (nSPS) is 37.2. The molecule has 0 aromatic carbocycles. The number of alkyl halides is 1. The molecule has 0 amide bonds. The van der Waals surface area contributed by atoms with Crippen LogP contribution in [0.25, 0.3) is 0 Å². The molecule has 1 rings (SSSR count). The zero-order chi connectivity index (χ0) is 8.48. The predicted octanol–water partition coefficient (Wildman–Crippen LogP) is 0.249. The number of ether oxygens (including phenoxy) is 1. The van der Waals surface area contributed by atoms with Gasteiger partial charge in [-0.1, -0.05) is 0 Å². The van der Waals surface area contributed by atoms with Crippen LogP contribution >= 0.6 is 0 Å². The van der Waals surface area contributed by atoms with Crippen molar-refractivity contribution in [3.63, 3.8) is 0 Å². The van der Waals surface area contributed by atoms with Gasteiger partial charge in [0.1, 0.15) is 11.7 Å². The van der Waals surface area contributed by atoms with Gasteiger partial charge >= 0.3 is 5.97 Å². The number of halogens is 1. The van der Waals surface area contributed by atoms with Crippen molar-refractivity contribution in [1.29, 1.82) is 0 Å². The monoisotopic (exact) mass is 161 g/mol. The van der Waals surface area contributed by atoms with Crippen molar-refractivity contribution in [1.82, 2.24) is 5.32 Å². The number of hydrogen-bond donors (Lipinski definition) is 1. The van der Waals surface area contributed by atoms with Crippen molar-refractivity contribution in [2.75, 3.05) is 13.7 Å². The molecule has 1 heterocycles. The van der Waals surface area contributed by atoms with E-state index in [9.17, 15) is 9.18 Å². The molecule has 0 unspecified atom stereocenters. The summed E-state index contributed by atoms with van der Waals surface area (Å²) in [5.41, 5.74) is -0.811. The van der Waals surface area contributed by atoms with Crippen molar-refractivity contribution >= 4 is 5.97 Å². The Morgan fingerprint density at radius 2 is 2.45 bits per heavy atom. The highest BCUT2D eigenvalue weighted by Gasteiger charge is 2.41. The van der Waals surface area contributed by atoms with Crippen LogP contribution in [0.15, 0.2) is 0 Å². The Morgan fingerprint density at radius 3 is 2.82 bits per heavy atom. The van der Waals surface area contributed by atoms with E-state index in [1.165, 1.54) is 7.11 Å². The van der Waals surface area contributed by atoms with Gasteiger partial charge in [-0.25, -0.2) is 4.39 Å². The second kappa shape index (κ2) is 2.77. The molecule has 1 N–H and O–H groups in total. The van der Waals surface area contributed by atoms with E-state index < -0.39 is 17.7 Å². The third kappa shape index (κ3) is 1.50. The lowest BCUT2D eigenvalue weighted by Gasteiger charge is -2.19. The Bertz CT molecular complexity index is 174. The third-order valence-corrected chi connectivity index (χ3v) is 1.98. The second-order valence-corrected chi connectivity index (χ2v) is 3.01. The maximum Gasteiger partial charge on any atom is 0.325 e. The smallest absolute Gasteiger partial charge is 0.325 e. The van der Waals surface area contributed by atoms with Crippen LogP contribution in [0.5, 0.6) is 0 Å². The topological polar surface area (TPSA) is 38.3 Å². The molecule has 0 radical (unpaired) electrons. The van der Waals surface area contributed by atoms with E-state index >= 15 is 0 Å². The molecule has 0 bridgehead atoms. The average molecular weight is 161 g/mol. The summed E-state index contributed by atoms with van der Waals surface area (Å²) < 4.78 is 17.2. The number of hydrogen-bond acceptors (Lipinski definition) is 3. The molecule has 0 aromatic heterocycles. The molecular formula is C7H12FNO2. The first-order valence-corrected chi connectivity index (χ1v) is 3.56. The van der Waals surface area contributed by atoms with Gasteiger partial charge in [-0.05, 0) is 6.92 Å². The molecule has 0 saturated carbocycles. The van der Waals surface area contributed by atoms with E-state index in [4.69, 9.17) is 0 Å². The standard InChI is InChI=1S/C7H12FNO2/c1-7(6(10)11-2)3-5(8)4-9-7/h5,9H,3-4H2,1-2H3/t5-,7-/m1/s1. The molecule has 0 spiro atoms. The average Bonchev–Trinajstić information content (AvgIpc) is 2.31. The Balaban J connectivity index is 2.61. The minimum Gasteiger partial charge on any atom is -0.468 e. The summed E-state index contributed by atoms with van der Waals surface area (Å²) in [5.74, 6) is -0.391. The zero-order valence-electron chi connectivity index (χ0n) is 6.69. The SMILES string of the molecule is COC(=O)[C@@]1(C)C[C@@H](F)CN1. The van der Waals surface area contributed by atoms with Crippen molar-refractivity contribution < 1.29 is 13.9 Å². The van der Waals surface area contributed by atoms with Crippen molar-refractivity contribution in [3.05, 3.63) is 0 Å². The molecule has 1 aliphatic rings. The lowest BCUT2D eigenvalue weighted by molar-refractivity contribution is -0.147. The van der Waals surface area contributed by atoms with Crippen molar-refractivity contribution in [3.8, 4) is 0 Å². The summed E-state index contributed by atoms with van der Waals surface area (Å²) in [6.45, 7) is 1.89. The minimum atomic E-state index is -0.931. The highest BCUT2D eigenvalue weighted by Crippen LogP contribution is 2.22. The minimum absolute atomic E-state index is 0.208.